The number of benzene rings is 2. The molecule has 1 aromatic heterocycles. The molecule has 0 aliphatic carbocycles. The molecule has 1 atom stereocenters. The molecule has 11 heteroatoms. The Labute approximate surface area is 195 Å². The van der Waals surface area contributed by atoms with Gasteiger partial charge in [-0.05, 0) is 41.6 Å². The molecule has 0 saturated carbocycles. The summed E-state index contributed by atoms with van der Waals surface area (Å²) in [6.45, 7) is 0. The minimum Gasteiger partial charge on any atom is -0.366 e. The van der Waals surface area contributed by atoms with Crippen LogP contribution in [0.1, 0.15) is 11.1 Å². The number of thioether (sulfide) groups is 1. The third-order valence-corrected chi connectivity index (χ3v) is 6.42. The molecule has 172 valence electrons. The zero-order chi connectivity index (χ0) is 23.8. The molecule has 4 rings (SSSR count). The molecule has 4 nitrogen and oxygen atoms in total. The number of alkyl halides is 4. The number of nitrogens with zero attached hydrogens (tertiary/aromatic N) is 3. The van der Waals surface area contributed by atoms with Gasteiger partial charge in [0.15, 0.2) is 16.0 Å². The second-order valence-corrected chi connectivity index (χ2v) is 8.75. The summed E-state index contributed by atoms with van der Waals surface area (Å²) in [7, 11) is 1.62. The van der Waals surface area contributed by atoms with E-state index in [4.69, 9.17) is 11.6 Å². The molecule has 1 aliphatic rings. The highest BCUT2D eigenvalue weighted by atomic mass is 35.5. The average molecular weight is 499 g/mol. The lowest BCUT2D eigenvalue weighted by Crippen LogP contribution is -2.35. The topological polar surface area (TPSA) is 42.7 Å². The first kappa shape index (κ1) is 23.3. The maximum absolute atomic E-state index is 14.0. The summed E-state index contributed by atoms with van der Waals surface area (Å²) in [5.41, 5.74) is 0.161. The van der Waals surface area contributed by atoms with Crippen LogP contribution in [0.5, 0.6) is 0 Å². The highest BCUT2D eigenvalue weighted by Crippen LogP contribution is 2.37. The quantitative estimate of drug-likeness (QED) is 0.201. The van der Waals surface area contributed by atoms with Gasteiger partial charge in [-0.2, -0.15) is 18.3 Å². The second-order valence-electron chi connectivity index (χ2n) is 7.21. The molecule has 2 heterocycles. The number of aromatic nitrogens is 3. The molecule has 1 aliphatic heterocycles. The first-order valence-corrected chi connectivity index (χ1v) is 10.9. The first-order valence-electron chi connectivity index (χ1n) is 9.58. The van der Waals surface area contributed by atoms with Crippen LogP contribution in [0.3, 0.4) is 0 Å². The van der Waals surface area contributed by atoms with Crippen molar-refractivity contribution in [3.8, 4) is 11.4 Å². The number of rotatable bonds is 5. The molecule has 0 radical (unpaired) electrons. The average Bonchev–Trinajstić information content (AvgIpc) is 3.12. The third-order valence-electron chi connectivity index (χ3n) is 4.89. The normalized spacial score (nSPS) is 18.2. The fraction of sp³-hybridized carbons (Fsp3) is 0.182. The predicted molar refractivity (Wildman–Crippen MR) is 116 cm³/mol. The van der Waals surface area contributed by atoms with Crippen LogP contribution in [0.25, 0.3) is 11.4 Å². The first-order chi connectivity index (χ1) is 15.6. The van der Waals surface area contributed by atoms with Gasteiger partial charge >= 0.3 is 6.18 Å². The summed E-state index contributed by atoms with van der Waals surface area (Å²) >= 11 is 7.70. The van der Waals surface area contributed by atoms with Gasteiger partial charge in [0.05, 0.1) is 11.1 Å². The van der Waals surface area contributed by atoms with E-state index in [0.717, 1.165) is 29.8 Å². The smallest absolute Gasteiger partial charge is 0.366 e. The molecule has 0 fully saturated rings. The summed E-state index contributed by atoms with van der Waals surface area (Å²) in [6.07, 6.45) is -1.48. The Balaban J connectivity index is 1.48. The number of nitrogens with one attached hydrogen (secondary N) is 1. The van der Waals surface area contributed by atoms with Crippen molar-refractivity contribution >= 4 is 23.4 Å². The summed E-state index contributed by atoms with van der Waals surface area (Å²) in [5.74, 6) is -1.12. The maximum atomic E-state index is 14.0. The Morgan fingerprint density at radius 3 is 2.39 bits per heavy atom. The number of dihydropyridines is 1. The minimum atomic E-state index is -4.50. The van der Waals surface area contributed by atoms with Crippen molar-refractivity contribution in [3.63, 3.8) is 0 Å². The van der Waals surface area contributed by atoms with Crippen molar-refractivity contribution in [1.29, 1.82) is 0 Å². The van der Waals surface area contributed by atoms with Gasteiger partial charge in [0, 0.05) is 12.8 Å². The fourth-order valence-corrected chi connectivity index (χ4v) is 4.38. The molecule has 1 N–H and O–H groups in total. The number of halogens is 6. The van der Waals surface area contributed by atoms with Crippen molar-refractivity contribution in [1.82, 2.24) is 20.1 Å². The van der Waals surface area contributed by atoms with Crippen LogP contribution in [0.15, 0.2) is 71.5 Å². The van der Waals surface area contributed by atoms with E-state index in [0.29, 0.717) is 16.5 Å². The van der Waals surface area contributed by atoms with Crippen LogP contribution in [0.2, 0.25) is 0 Å². The van der Waals surface area contributed by atoms with Gasteiger partial charge in [-0.3, -0.25) is 0 Å². The van der Waals surface area contributed by atoms with Crippen LogP contribution in [0, 0.1) is 11.6 Å². The minimum absolute atomic E-state index is 0.0567. The highest BCUT2D eigenvalue weighted by Gasteiger charge is 2.38. The van der Waals surface area contributed by atoms with Crippen LogP contribution in [0.4, 0.5) is 22.0 Å². The van der Waals surface area contributed by atoms with Crippen molar-refractivity contribution in [2.75, 3.05) is 0 Å². The fourth-order valence-electron chi connectivity index (χ4n) is 3.20. The summed E-state index contributed by atoms with van der Waals surface area (Å²) < 4.78 is 68.6. The number of hydrogen-bond acceptors (Lipinski definition) is 4. The number of aryl methyl sites for hydroxylation is 1. The lowest BCUT2D eigenvalue weighted by molar-refractivity contribution is -0.0889. The van der Waals surface area contributed by atoms with Gasteiger partial charge in [0.2, 0.25) is 0 Å². The second kappa shape index (κ2) is 8.83. The third kappa shape index (κ3) is 4.91. The Kier molecular flexibility index (Phi) is 6.24. The van der Waals surface area contributed by atoms with E-state index in [1.165, 1.54) is 28.7 Å². The van der Waals surface area contributed by atoms with Gasteiger partial charge in [0.1, 0.15) is 11.6 Å². The lowest BCUT2D eigenvalue weighted by Gasteiger charge is -2.29. The highest BCUT2D eigenvalue weighted by molar-refractivity contribution is 7.98. The molecule has 3 aromatic rings. The summed E-state index contributed by atoms with van der Waals surface area (Å²) in [6, 6.07) is 10.3. The molecule has 33 heavy (non-hydrogen) atoms. The van der Waals surface area contributed by atoms with E-state index in [1.54, 1.807) is 31.3 Å². The SMILES string of the molecule is Cn1nc(-c2c(F)cccc2F)nc1SCc1ccc(C2(Cl)C=C(C(F)(F)F)C=CN2)cc1. The maximum Gasteiger partial charge on any atom is 0.416 e. The molecule has 0 bridgehead atoms. The number of allylic oxidation sites excluding steroid dienone is 2. The molecule has 2 aromatic carbocycles. The number of hydrogen-bond donors (Lipinski definition) is 1. The standard InChI is InChI=1S/C22H16ClF5N4S/c1-32-20(30-19(31-32)18-16(24)3-2-4-17(18)25)33-12-13-5-7-14(8-6-13)21(23)11-15(9-10-29-21)22(26,27)28/h2-11,29H,12H2,1H3. The van der Waals surface area contributed by atoms with E-state index in [1.807, 2.05) is 0 Å². The monoisotopic (exact) mass is 498 g/mol. The van der Waals surface area contributed by atoms with E-state index in [2.05, 4.69) is 15.4 Å². The molecular weight excluding hydrogens is 483 g/mol. The van der Waals surface area contributed by atoms with Crippen LogP contribution in [-0.4, -0.2) is 20.9 Å². The largest absolute Gasteiger partial charge is 0.416 e. The Hall–Kier alpha value is -2.85. The molecule has 0 saturated heterocycles. The van der Waals surface area contributed by atoms with Gasteiger partial charge in [-0.1, -0.05) is 53.7 Å². The predicted octanol–water partition coefficient (Wildman–Crippen LogP) is 6.05. The van der Waals surface area contributed by atoms with E-state index >= 15 is 0 Å². The Morgan fingerprint density at radius 1 is 1.09 bits per heavy atom. The van der Waals surface area contributed by atoms with Crippen molar-refractivity contribution < 1.29 is 22.0 Å². The summed E-state index contributed by atoms with van der Waals surface area (Å²) in [5, 5.41) is 7.29. The molecular formula is C22H16ClF5N4S. The van der Waals surface area contributed by atoms with Gasteiger partial charge in [-0.15, -0.1) is 0 Å². The van der Waals surface area contributed by atoms with E-state index < -0.39 is 28.4 Å². The van der Waals surface area contributed by atoms with Crippen LogP contribution >= 0.6 is 23.4 Å². The van der Waals surface area contributed by atoms with Crippen LogP contribution < -0.4 is 5.32 Å². The van der Waals surface area contributed by atoms with Gasteiger partial charge < -0.3 is 5.32 Å². The van der Waals surface area contributed by atoms with E-state index in [9.17, 15) is 22.0 Å². The Bertz CT molecular complexity index is 1220. The van der Waals surface area contributed by atoms with Crippen LogP contribution in [-0.2, 0) is 17.8 Å². The zero-order valence-corrected chi connectivity index (χ0v) is 18.6. The zero-order valence-electron chi connectivity index (χ0n) is 17.0. The molecule has 0 amide bonds. The molecule has 0 spiro atoms. The lowest BCUT2D eigenvalue weighted by atomic mass is 9.99. The Morgan fingerprint density at radius 2 is 1.76 bits per heavy atom. The molecule has 1 unspecified atom stereocenters. The summed E-state index contributed by atoms with van der Waals surface area (Å²) in [4.78, 5) is 2.71. The van der Waals surface area contributed by atoms with Gasteiger partial charge in [0.25, 0.3) is 0 Å². The van der Waals surface area contributed by atoms with Gasteiger partial charge in [-0.25, -0.2) is 18.4 Å². The van der Waals surface area contributed by atoms with E-state index in [-0.39, 0.29) is 11.4 Å². The van der Waals surface area contributed by atoms with Crippen molar-refractivity contribution in [2.24, 2.45) is 7.05 Å². The van der Waals surface area contributed by atoms with Crippen molar-refractivity contribution in [3.05, 3.63) is 89.2 Å². The van der Waals surface area contributed by atoms with Crippen molar-refractivity contribution in [2.45, 2.75) is 22.1 Å².